The molecule has 0 amide bonds. The molecule has 2 rings (SSSR count). The van der Waals surface area contributed by atoms with Crippen LogP contribution < -0.4 is 9.08 Å². The van der Waals surface area contributed by atoms with Crippen LogP contribution in [0, 0.1) is 0 Å². The molecule has 0 radical (unpaired) electrons. The second kappa shape index (κ2) is 8.95. The molecule has 0 atom stereocenters. The zero-order valence-electron chi connectivity index (χ0n) is 16.1. The Bertz CT molecular complexity index is 684. The minimum absolute atomic E-state index is 0.0959. The molecule has 2 aromatic carbocycles. The predicted octanol–water partition coefficient (Wildman–Crippen LogP) is 6.17. The van der Waals surface area contributed by atoms with Gasteiger partial charge in [-0.2, -0.15) is 0 Å². The van der Waals surface area contributed by atoms with Gasteiger partial charge in [0.1, 0.15) is 5.75 Å². The Hall–Kier alpha value is -1.94. The first-order chi connectivity index (χ1) is 12.0. The van der Waals surface area contributed by atoms with E-state index in [1.807, 2.05) is 60.7 Å². The van der Waals surface area contributed by atoms with Gasteiger partial charge < -0.3 is 9.08 Å². The van der Waals surface area contributed by atoms with Gasteiger partial charge in [-0.15, -0.1) is 0 Å². The van der Waals surface area contributed by atoms with Crippen molar-refractivity contribution in [1.82, 2.24) is 0 Å². The largest absolute Gasteiger partial charge is 0.556 e. The van der Waals surface area contributed by atoms with Crippen molar-refractivity contribution in [2.75, 3.05) is 0 Å². The highest BCUT2D eigenvalue weighted by Crippen LogP contribution is 2.27. The summed E-state index contributed by atoms with van der Waals surface area (Å²) in [6.45, 7) is 11.2. The van der Waals surface area contributed by atoms with E-state index >= 15 is 0 Å². The summed E-state index contributed by atoms with van der Waals surface area (Å²) in [6, 6.07) is 20.2. The van der Waals surface area contributed by atoms with E-state index in [4.69, 9.17) is 9.08 Å². The van der Waals surface area contributed by atoms with E-state index in [9.17, 15) is 0 Å². The van der Waals surface area contributed by atoms with Crippen LogP contribution in [0.1, 0.15) is 27.2 Å². The van der Waals surface area contributed by atoms with Crippen LogP contribution in [0.2, 0.25) is 19.4 Å². The van der Waals surface area contributed by atoms with Crippen molar-refractivity contribution in [1.29, 1.82) is 0 Å². The standard InChI is InChI=1S/C21H29BO2Si/c1-6-21(22(7-2)23-19-14-10-8-11-15-19)18(3)25(4,5)24-20-16-12-9-13-17-20/h8-17H,6-7H2,1-5H3/b21-18-. The summed E-state index contributed by atoms with van der Waals surface area (Å²) >= 11 is 0. The monoisotopic (exact) mass is 352 g/mol. The molecule has 0 unspecified atom stereocenters. The summed E-state index contributed by atoms with van der Waals surface area (Å²) in [6.07, 6.45) is 1.93. The second-order valence-electron chi connectivity index (χ2n) is 6.76. The number of benzene rings is 2. The zero-order chi connectivity index (χ0) is 18.3. The third kappa shape index (κ3) is 5.27. The highest BCUT2D eigenvalue weighted by Gasteiger charge is 2.33. The quantitative estimate of drug-likeness (QED) is 0.529. The molecule has 132 valence electrons. The van der Waals surface area contributed by atoms with E-state index in [0.717, 1.165) is 24.2 Å². The fourth-order valence-electron chi connectivity index (χ4n) is 3.04. The Morgan fingerprint density at radius 1 is 0.880 bits per heavy atom. The van der Waals surface area contributed by atoms with Gasteiger partial charge in [-0.25, -0.2) is 0 Å². The van der Waals surface area contributed by atoms with E-state index in [2.05, 4.69) is 33.9 Å². The average Bonchev–Trinajstić information content (AvgIpc) is 2.62. The molecule has 0 spiro atoms. The fourth-order valence-corrected chi connectivity index (χ4v) is 5.03. The molecule has 0 heterocycles. The smallest absolute Gasteiger partial charge is 0.386 e. The molecule has 25 heavy (non-hydrogen) atoms. The first kappa shape index (κ1) is 19.4. The lowest BCUT2D eigenvalue weighted by atomic mass is 9.57. The van der Waals surface area contributed by atoms with Gasteiger partial charge in [0.05, 0.1) is 5.75 Å². The average molecular weight is 352 g/mol. The van der Waals surface area contributed by atoms with E-state index in [1.165, 1.54) is 10.7 Å². The Kier molecular flexibility index (Phi) is 6.94. The van der Waals surface area contributed by atoms with E-state index in [0.29, 0.717) is 0 Å². The normalized spacial score (nSPS) is 12.4. The molecule has 0 fully saturated rings. The maximum absolute atomic E-state index is 6.42. The lowest BCUT2D eigenvalue weighted by Crippen LogP contribution is -2.39. The maximum atomic E-state index is 6.42. The van der Waals surface area contributed by atoms with Crippen LogP contribution in [-0.4, -0.2) is 15.2 Å². The van der Waals surface area contributed by atoms with Gasteiger partial charge in [0.25, 0.3) is 8.32 Å². The molecule has 0 N–H and O–H groups in total. The Labute approximate surface area is 154 Å². The minimum atomic E-state index is -2.03. The summed E-state index contributed by atoms with van der Waals surface area (Å²) < 4.78 is 12.7. The predicted molar refractivity (Wildman–Crippen MR) is 111 cm³/mol. The third-order valence-corrected chi connectivity index (χ3v) is 7.54. The summed E-state index contributed by atoms with van der Waals surface area (Å²) in [5.41, 5.74) is 1.37. The third-order valence-electron chi connectivity index (χ3n) is 4.66. The minimum Gasteiger partial charge on any atom is -0.556 e. The SMILES string of the molecule is CCB(Oc1ccccc1)/C(CC)=C(/C)[Si](C)(C)Oc1ccccc1. The molecule has 0 aliphatic carbocycles. The lowest BCUT2D eigenvalue weighted by Gasteiger charge is -2.29. The summed E-state index contributed by atoms with van der Waals surface area (Å²) in [7, 11) is -2.03. The molecule has 0 saturated carbocycles. The highest BCUT2D eigenvalue weighted by atomic mass is 28.4. The summed E-state index contributed by atoms with van der Waals surface area (Å²) in [4.78, 5) is 0. The lowest BCUT2D eigenvalue weighted by molar-refractivity contribution is 0.555. The first-order valence-corrected chi connectivity index (χ1v) is 12.0. The van der Waals surface area contributed by atoms with Crippen molar-refractivity contribution >= 4 is 15.2 Å². The number of rotatable bonds is 8. The van der Waals surface area contributed by atoms with Crippen LogP contribution >= 0.6 is 0 Å². The highest BCUT2D eigenvalue weighted by molar-refractivity contribution is 6.81. The van der Waals surface area contributed by atoms with Gasteiger partial charge in [-0.1, -0.05) is 60.9 Å². The molecule has 0 bridgehead atoms. The van der Waals surface area contributed by atoms with Crippen LogP contribution in [0.15, 0.2) is 71.3 Å². The Morgan fingerprint density at radius 3 is 1.88 bits per heavy atom. The number of allylic oxidation sites excluding steroid dienone is 2. The molecule has 2 nitrogen and oxygen atoms in total. The number of hydrogen-bond donors (Lipinski definition) is 0. The van der Waals surface area contributed by atoms with Gasteiger partial charge in [0.2, 0.25) is 0 Å². The van der Waals surface area contributed by atoms with E-state index in [1.54, 1.807) is 0 Å². The Morgan fingerprint density at radius 2 is 1.40 bits per heavy atom. The molecule has 0 aromatic heterocycles. The van der Waals surface area contributed by atoms with Crippen molar-refractivity contribution < 1.29 is 9.08 Å². The summed E-state index contributed by atoms with van der Waals surface area (Å²) in [5.74, 6) is 1.88. The molecule has 0 aliphatic rings. The van der Waals surface area contributed by atoms with Crippen molar-refractivity contribution in [2.24, 2.45) is 0 Å². The van der Waals surface area contributed by atoms with Crippen LogP contribution in [0.5, 0.6) is 11.5 Å². The number of hydrogen-bond acceptors (Lipinski definition) is 2. The van der Waals surface area contributed by atoms with Crippen molar-refractivity contribution in [3.63, 3.8) is 0 Å². The fraction of sp³-hybridized carbons (Fsp3) is 0.333. The first-order valence-electron chi connectivity index (χ1n) is 9.13. The van der Waals surface area contributed by atoms with E-state index < -0.39 is 8.32 Å². The van der Waals surface area contributed by atoms with Crippen molar-refractivity contribution in [3.05, 3.63) is 71.3 Å². The van der Waals surface area contributed by atoms with E-state index in [-0.39, 0.29) is 6.92 Å². The summed E-state index contributed by atoms with van der Waals surface area (Å²) in [5, 5.41) is 1.38. The number of para-hydroxylation sites is 2. The topological polar surface area (TPSA) is 18.5 Å². The Balaban J connectivity index is 2.26. The van der Waals surface area contributed by atoms with Gasteiger partial charge in [0, 0.05) is 0 Å². The zero-order valence-corrected chi connectivity index (χ0v) is 17.1. The van der Waals surface area contributed by atoms with Gasteiger partial charge in [0.15, 0.2) is 0 Å². The molecule has 0 saturated heterocycles. The van der Waals surface area contributed by atoms with Crippen LogP contribution in [0.25, 0.3) is 0 Å². The maximum Gasteiger partial charge on any atom is 0.386 e. The molecule has 0 aliphatic heterocycles. The molecular formula is C21H29BO2Si. The van der Waals surface area contributed by atoms with Crippen LogP contribution in [0.4, 0.5) is 0 Å². The van der Waals surface area contributed by atoms with Crippen LogP contribution in [0.3, 0.4) is 0 Å². The van der Waals surface area contributed by atoms with Crippen molar-refractivity contribution in [3.8, 4) is 11.5 Å². The molecular weight excluding hydrogens is 323 g/mol. The second-order valence-corrected chi connectivity index (χ2v) is 10.7. The molecule has 2 aromatic rings. The van der Waals surface area contributed by atoms with Gasteiger partial charge in [-0.3, -0.25) is 0 Å². The van der Waals surface area contributed by atoms with Crippen molar-refractivity contribution in [2.45, 2.75) is 46.6 Å². The molecule has 4 heteroatoms. The van der Waals surface area contributed by atoms with Gasteiger partial charge >= 0.3 is 6.92 Å². The van der Waals surface area contributed by atoms with Gasteiger partial charge in [-0.05, 0) is 57.0 Å². The van der Waals surface area contributed by atoms with Crippen LogP contribution in [-0.2, 0) is 0 Å².